The molecule has 0 aliphatic rings. The summed E-state index contributed by atoms with van der Waals surface area (Å²) in [5.41, 5.74) is 3.29. The summed E-state index contributed by atoms with van der Waals surface area (Å²) < 4.78 is 16.7. The first-order valence-electron chi connectivity index (χ1n) is 11.4. The van der Waals surface area contributed by atoms with Gasteiger partial charge >= 0.3 is 5.97 Å². The number of esters is 1. The summed E-state index contributed by atoms with van der Waals surface area (Å²) in [6.07, 6.45) is -1.11. The fraction of sp³-hybridized carbons (Fsp3) is 0.321. The molecule has 3 aromatic carbocycles. The zero-order valence-corrected chi connectivity index (χ0v) is 19.4. The molecule has 0 amide bonds. The molecule has 0 bridgehead atoms. The van der Waals surface area contributed by atoms with Gasteiger partial charge in [0, 0.05) is 18.9 Å². The van der Waals surface area contributed by atoms with Crippen LogP contribution in [-0.2, 0) is 14.3 Å². The van der Waals surface area contributed by atoms with Crippen LogP contribution >= 0.6 is 0 Å². The highest BCUT2D eigenvalue weighted by atomic mass is 16.7. The van der Waals surface area contributed by atoms with E-state index in [-0.39, 0.29) is 25.6 Å². The van der Waals surface area contributed by atoms with E-state index < -0.39 is 17.9 Å². The number of ether oxygens (including phenoxy) is 3. The SMILES string of the molecule is CCOC(=O)C(OCC)C(O)(CC)Oc1cccc(C(c2ccccc2)c2ccccc2)c1. The van der Waals surface area contributed by atoms with Gasteiger partial charge in [0.15, 0.2) is 0 Å². The summed E-state index contributed by atoms with van der Waals surface area (Å²) in [7, 11) is 0. The normalized spacial score (nSPS) is 13.8. The predicted molar refractivity (Wildman–Crippen MR) is 128 cm³/mol. The molecule has 2 atom stereocenters. The Morgan fingerprint density at radius 2 is 1.39 bits per heavy atom. The van der Waals surface area contributed by atoms with Crippen LogP contribution in [0.5, 0.6) is 5.75 Å². The average molecular weight is 449 g/mol. The molecule has 0 spiro atoms. The molecule has 33 heavy (non-hydrogen) atoms. The Bertz CT molecular complexity index is 966. The maximum Gasteiger partial charge on any atom is 0.342 e. The highest BCUT2D eigenvalue weighted by molar-refractivity contribution is 5.76. The van der Waals surface area contributed by atoms with E-state index in [2.05, 4.69) is 24.3 Å². The first kappa shape index (κ1) is 24.5. The lowest BCUT2D eigenvalue weighted by molar-refractivity contribution is -0.230. The zero-order chi connectivity index (χ0) is 23.7. The van der Waals surface area contributed by atoms with Crippen molar-refractivity contribution < 1.29 is 24.1 Å². The first-order valence-corrected chi connectivity index (χ1v) is 11.4. The minimum Gasteiger partial charge on any atom is -0.464 e. The molecule has 0 aliphatic carbocycles. The molecule has 0 radical (unpaired) electrons. The number of hydrogen-bond donors (Lipinski definition) is 1. The number of carbonyl (C=O) groups is 1. The molecule has 0 aromatic heterocycles. The fourth-order valence-corrected chi connectivity index (χ4v) is 3.91. The van der Waals surface area contributed by atoms with Crippen molar-refractivity contribution in [3.8, 4) is 5.75 Å². The van der Waals surface area contributed by atoms with Crippen LogP contribution in [0.4, 0.5) is 0 Å². The summed E-state index contributed by atoms with van der Waals surface area (Å²) >= 11 is 0. The van der Waals surface area contributed by atoms with Crippen LogP contribution in [0, 0.1) is 0 Å². The van der Waals surface area contributed by atoms with Crippen LogP contribution in [0.2, 0.25) is 0 Å². The van der Waals surface area contributed by atoms with Crippen LogP contribution in [0.25, 0.3) is 0 Å². The molecule has 3 rings (SSSR count). The smallest absolute Gasteiger partial charge is 0.342 e. The molecule has 0 saturated heterocycles. The van der Waals surface area contributed by atoms with Gasteiger partial charge in [0.25, 0.3) is 0 Å². The van der Waals surface area contributed by atoms with Gasteiger partial charge in [-0.1, -0.05) is 79.7 Å². The van der Waals surface area contributed by atoms with Crippen LogP contribution in [0.3, 0.4) is 0 Å². The van der Waals surface area contributed by atoms with Crippen molar-refractivity contribution in [2.24, 2.45) is 0 Å². The van der Waals surface area contributed by atoms with Crippen molar-refractivity contribution >= 4 is 5.97 Å². The number of hydrogen-bond acceptors (Lipinski definition) is 5. The van der Waals surface area contributed by atoms with Crippen molar-refractivity contribution in [1.29, 1.82) is 0 Å². The van der Waals surface area contributed by atoms with E-state index in [1.54, 1.807) is 26.8 Å². The highest BCUT2D eigenvalue weighted by Gasteiger charge is 2.45. The van der Waals surface area contributed by atoms with Gasteiger partial charge in [-0.3, -0.25) is 0 Å². The third-order valence-corrected chi connectivity index (χ3v) is 5.50. The highest BCUT2D eigenvalue weighted by Crippen LogP contribution is 2.34. The summed E-state index contributed by atoms with van der Waals surface area (Å²) in [6, 6.07) is 28.1. The second-order valence-electron chi connectivity index (χ2n) is 7.71. The van der Waals surface area contributed by atoms with Crippen LogP contribution in [0.15, 0.2) is 84.9 Å². The molecule has 0 saturated carbocycles. The Balaban J connectivity index is 1.98. The van der Waals surface area contributed by atoms with E-state index in [1.807, 2.05) is 54.6 Å². The molecule has 0 heterocycles. The van der Waals surface area contributed by atoms with Crippen molar-refractivity contribution in [1.82, 2.24) is 0 Å². The van der Waals surface area contributed by atoms with Gasteiger partial charge in [0.1, 0.15) is 5.75 Å². The lowest BCUT2D eigenvalue weighted by Gasteiger charge is -2.34. The summed E-state index contributed by atoms with van der Waals surface area (Å²) in [5, 5.41) is 11.3. The minimum absolute atomic E-state index is 0.0154. The zero-order valence-electron chi connectivity index (χ0n) is 19.4. The second-order valence-corrected chi connectivity index (χ2v) is 7.71. The van der Waals surface area contributed by atoms with Gasteiger partial charge in [-0.05, 0) is 42.7 Å². The minimum atomic E-state index is -1.87. The summed E-state index contributed by atoms with van der Waals surface area (Å²) in [4.78, 5) is 12.5. The van der Waals surface area contributed by atoms with Crippen molar-refractivity contribution in [2.75, 3.05) is 13.2 Å². The molecule has 2 unspecified atom stereocenters. The quantitative estimate of drug-likeness (QED) is 0.245. The van der Waals surface area contributed by atoms with E-state index in [4.69, 9.17) is 14.2 Å². The Hall–Kier alpha value is -3.15. The van der Waals surface area contributed by atoms with E-state index >= 15 is 0 Å². The Labute approximate surface area is 195 Å². The van der Waals surface area contributed by atoms with Gasteiger partial charge in [-0.2, -0.15) is 0 Å². The fourth-order valence-electron chi connectivity index (χ4n) is 3.91. The maximum atomic E-state index is 12.5. The predicted octanol–water partition coefficient (Wildman–Crippen LogP) is 5.31. The van der Waals surface area contributed by atoms with Crippen LogP contribution in [0.1, 0.15) is 49.8 Å². The van der Waals surface area contributed by atoms with E-state index in [9.17, 15) is 9.90 Å². The Morgan fingerprint density at radius 3 is 1.91 bits per heavy atom. The third kappa shape index (κ3) is 6.01. The molecule has 3 aromatic rings. The van der Waals surface area contributed by atoms with Crippen molar-refractivity contribution in [3.63, 3.8) is 0 Å². The van der Waals surface area contributed by atoms with Crippen molar-refractivity contribution in [3.05, 3.63) is 102 Å². The topological polar surface area (TPSA) is 65.0 Å². The van der Waals surface area contributed by atoms with E-state index in [0.717, 1.165) is 16.7 Å². The van der Waals surface area contributed by atoms with E-state index in [1.165, 1.54) is 0 Å². The molecule has 0 fully saturated rings. The Kier molecular flexibility index (Phi) is 8.64. The van der Waals surface area contributed by atoms with Gasteiger partial charge in [0.2, 0.25) is 11.9 Å². The molecule has 1 N–H and O–H groups in total. The lowest BCUT2D eigenvalue weighted by Crippen LogP contribution is -2.53. The van der Waals surface area contributed by atoms with Gasteiger partial charge in [-0.25, -0.2) is 4.79 Å². The largest absolute Gasteiger partial charge is 0.464 e. The molecule has 5 heteroatoms. The molecular weight excluding hydrogens is 416 g/mol. The molecule has 174 valence electrons. The molecular formula is C28H32O5. The molecule has 5 nitrogen and oxygen atoms in total. The lowest BCUT2D eigenvalue weighted by atomic mass is 9.85. The maximum absolute atomic E-state index is 12.5. The number of rotatable bonds is 11. The number of benzene rings is 3. The molecule has 0 aliphatic heterocycles. The first-order chi connectivity index (χ1) is 16.0. The summed E-state index contributed by atoms with van der Waals surface area (Å²) in [6.45, 7) is 5.63. The van der Waals surface area contributed by atoms with Crippen LogP contribution in [-0.4, -0.2) is 36.2 Å². The third-order valence-electron chi connectivity index (χ3n) is 5.50. The number of carbonyl (C=O) groups excluding carboxylic acids is 1. The van der Waals surface area contributed by atoms with Gasteiger partial charge in [-0.15, -0.1) is 0 Å². The number of aliphatic hydroxyl groups is 1. The Morgan fingerprint density at radius 1 is 0.818 bits per heavy atom. The summed E-state index contributed by atoms with van der Waals surface area (Å²) in [5.74, 6) is -2.08. The standard InChI is InChI=1S/C28H32O5/c1-4-28(30,26(31-5-2)27(29)32-6-3)33-24-19-13-18-23(20-24)25(21-14-9-7-10-15-21)22-16-11-8-12-17-22/h7-20,25-26,30H,4-6H2,1-3H3. The average Bonchev–Trinajstić information content (AvgIpc) is 2.84. The van der Waals surface area contributed by atoms with E-state index in [0.29, 0.717) is 5.75 Å². The van der Waals surface area contributed by atoms with Gasteiger partial charge < -0.3 is 19.3 Å². The van der Waals surface area contributed by atoms with Crippen LogP contribution < -0.4 is 4.74 Å². The second kappa shape index (κ2) is 11.6. The monoisotopic (exact) mass is 448 g/mol. The van der Waals surface area contributed by atoms with Crippen molar-refractivity contribution in [2.45, 2.75) is 45.0 Å². The van der Waals surface area contributed by atoms with Gasteiger partial charge in [0.05, 0.1) is 6.61 Å².